The highest BCUT2D eigenvalue weighted by Gasteiger charge is 2.35. The summed E-state index contributed by atoms with van der Waals surface area (Å²) in [7, 11) is 1.84. The average Bonchev–Trinajstić information content (AvgIpc) is 2.05. The number of ether oxygens (including phenoxy) is 1. The first-order valence-electron chi connectivity index (χ1n) is 3.99. The summed E-state index contributed by atoms with van der Waals surface area (Å²) in [6.45, 7) is 3.03. The summed E-state index contributed by atoms with van der Waals surface area (Å²) in [6, 6.07) is 0. The summed E-state index contributed by atoms with van der Waals surface area (Å²) in [5.41, 5.74) is -0.293. The highest BCUT2D eigenvalue weighted by Crippen LogP contribution is 2.20. The molecule has 11 heavy (non-hydrogen) atoms. The van der Waals surface area contributed by atoms with E-state index in [1.54, 1.807) is 6.92 Å². The van der Waals surface area contributed by atoms with E-state index >= 15 is 0 Å². The molecule has 1 heterocycles. The summed E-state index contributed by atoms with van der Waals surface area (Å²) >= 11 is 0. The molecule has 0 saturated carbocycles. The molecule has 1 rings (SSSR count). The molecule has 1 N–H and O–H groups in total. The summed E-state index contributed by atoms with van der Waals surface area (Å²) in [4.78, 5) is 11.2. The second-order valence-corrected chi connectivity index (χ2v) is 3.00. The molecule has 1 aliphatic rings. The van der Waals surface area contributed by atoms with Gasteiger partial charge in [0.1, 0.15) is 5.78 Å². The van der Waals surface area contributed by atoms with Crippen molar-refractivity contribution in [1.29, 1.82) is 0 Å². The minimum atomic E-state index is -0.293. The standard InChI is InChI=1S/C8H15NO2/c1-7(10)8(9-2)3-5-11-6-4-8/h9H,3-6H2,1-2H3. The molecule has 3 heteroatoms. The molecule has 3 nitrogen and oxygen atoms in total. The summed E-state index contributed by atoms with van der Waals surface area (Å²) < 4.78 is 5.18. The number of nitrogens with one attached hydrogen (secondary N) is 1. The van der Waals surface area contributed by atoms with Gasteiger partial charge in [-0.25, -0.2) is 0 Å². The molecule has 0 aromatic heterocycles. The predicted octanol–water partition coefficient (Wildman–Crippen LogP) is 0.344. The summed E-state index contributed by atoms with van der Waals surface area (Å²) in [5.74, 6) is 0.225. The lowest BCUT2D eigenvalue weighted by Crippen LogP contribution is -2.52. The second kappa shape index (κ2) is 3.32. The maximum atomic E-state index is 11.2. The first-order valence-corrected chi connectivity index (χ1v) is 3.99. The van der Waals surface area contributed by atoms with Crippen LogP contribution in [-0.2, 0) is 9.53 Å². The van der Waals surface area contributed by atoms with Crippen molar-refractivity contribution >= 4 is 5.78 Å². The Morgan fingerprint density at radius 2 is 2.00 bits per heavy atom. The van der Waals surface area contributed by atoms with Crippen LogP contribution in [0.25, 0.3) is 0 Å². The fourth-order valence-corrected chi connectivity index (χ4v) is 1.50. The van der Waals surface area contributed by atoms with Crippen LogP contribution in [-0.4, -0.2) is 31.6 Å². The van der Waals surface area contributed by atoms with Crippen LogP contribution < -0.4 is 5.32 Å². The van der Waals surface area contributed by atoms with Gasteiger partial charge >= 0.3 is 0 Å². The van der Waals surface area contributed by atoms with Crippen LogP contribution in [0.3, 0.4) is 0 Å². The van der Waals surface area contributed by atoms with E-state index in [2.05, 4.69) is 5.32 Å². The van der Waals surface area contributed by atoms with Crippen LogP contribution in [0.5, 0.6) is 0 Å². The van der Waals surface area contributed by atoms with E-state index in [0.717, 1.165) is 12.8 Å². The van der Waals surface area contributed by atoms with E-state index in [0.29, 0.717) is 13.2 Å². The average molecular weight is 157 g/mol. The zero-order valence-corrected chi connectivity index (χ0v) is 7.14. The van der Waals surface area contributed by atoms with E-state index < -0.39 is 0 Å². The molecule has 64 valence electrons. The molecule has 0 spiro atoms. The molecule has 0 bridgehead atoms. The molecule has 1 saturated heterocycles. The molecule has 0 atom stereocenters. The smallest absolute Gasteiger partial charge is 0.149 e. The van der Waals surface area contributed by atoms with Gasteiger partial charge in [-0.1, -0.05) is 0 Å². The van der Waals surface area contributed by atoms with E-state index in [1.807, 2.05) is 7.05 Å². The lowest BCUT2D eigenvalue weighted by atomic mass is 9.86. The van der Waals surface area contributed by atoms with Crippen LogP contribution in [0.1, 0.15) is 19.8 Å². The Hall–Kier alpha value is -0.410. The van der Waals surface area contributed by atoms with Crippen LogP contribution in [0.15, 0.2) is 0 Å². The number of hydrogen-bond donors (Lipinski definition) is 1. The zero-order valence-electron chi connectivity index (χ0n) is 7.14. The number of rotatable bonds is 2. The number of Topliss-reactive ketones (excluding diaryl/α,β-unsaturated/α-hetero) is 1. The molecule has 0 aliphatic carbocycles. The number of carbonyl (C=O) groups is 1. The van der Waals surface area contributed by atoms with Crippen LogP contribution in [0.2, 0.25) is 0 Å². The van der Waals surface area contributed by atoms with E-state index in [1.165, 1.54) is 0 Å². The van der Waals surface area contributed by atoms with Crippen molar-refractivity contribution in [3.63, 3.8) is 0 Å². The molecule has 0 amide bonds. The Bertz CT molecular complexity index is 150. The van der Waals surface area contributed by atoms with Crippen molar-refractivity contribution in [3.8, 4) is 0 Å². The fourth-order valence-electron chi connectivity index (χ4n) is 1.50. The van der Waals surface area contributed by atoms with Crippen LogP contribution >= 0.6 is 0 Å². The zero-order chi connectivity index (χ0) is 8.32. The van der Waals surface area contributed by atoms with Gasteiger partial charge in [0.2, 0.25) is 0 Å². The topological polar surface area (TPSA) is 38.3 Å². The lowest BCUT2D eigenvalue weighted by Gasteiger charge is -2.34. The minimum absolute atomic E-state index is 0.225. The quantitative estimate of drug-likeness (QED) is 0.628. The highest BCUT2D eigenvalue weighted by atomic mass is 16.5. The number of ketones is 1. The van der Waals surface area contributed by atoms with Crippen LogP contribution in [0.4, 0.5) is 0 Å². The van der Waals surface area contributed by atoms with Crippen molar-refractivity contribution < 1.29 is 9.53 Å². The van der Waals surface area contributed by atoms with Gasteiger partial charge in [-0.2, -0.15) is 0 Å². The maximum absolute atomic E-state index is 11.2. The first kappa shape index (κ1) is 8.68. The van der Waals surface area contributed by atoms with Crippen molar-refractivity contribution in [2.75, 3.05) is 20.3 Å². The third-order valence-corrected chi connectivity index (χ3v) is 2.50. The Morgan fingerprint density at radius 3 is 2.27 bits per heavy atom. The number of carbonyl (C=O) groups excluding carboxylic acids is 1. The molecule has 1 aliphatic heterocycles. The van der Waals surface area contributed by atoms with E-state index in [9.17, 15) is 4.79 Å². The largest absolute Gasteiger partial charge is 0.381 e. The molecule has 1 fully saturated rings. The Morgan fingerprint density at radius 1 is 1.45 bits per heavy atom. The maximum Gasteiger partial charge on any atom is 0.149 e. The Balaban J connectivity index is 2.64. The fraction of sp³-hybridized carbons (Fsp3) is 0.875. The Kier molecular flexibility index (Phi) is 2.62. The predicted molar refractivity (Wildman–Crippen MR) is 42.5 cm³/mol. The third kappa shape index (κ3) is 1.60. The minimum Gasteiger partial charge on any atom is -0.381 e. The molecule has 0 aromatic carbocycles. The van der Waals surface area contributed by atoms with Gasteiger partial charge in [0, 0.05) is 13.2 Å². The van der Waals surface area contributed by atoms with Gasteiger partial charge in [0.25, 0.3) is 0 Å². The van der Waals surface area contributed by atoms with Crippen molar-refractivity contribution in [2.24, 2.45) is 0 Å². The molecule has 0 radical (unpaired) electrons. The molecular weight excluding hydrogens is 142 g/mol. The normalized spacial score (nSPS) is 23.1. The second-order valence-electron chi connectivity index (χ2n) is 3.00. The molecule has 0 unspecified atom stereocenters. The monoisotopic (exact) mass is 157 g/mol. The highest BCUT2D eigenvalue weighted by molar-refractivity contribution is 5.86. The number of hydrogen-bond acceptors (Lipinski definition) is 3. The van der Waals surface area contributed by atoms with E-state index in [-0.39, 0.29) is 11.3 Å². The van der Waals surface area contributed by atoms with Crippen molar-refractivity contribution in [1.82, 2.24) is 5.32 Å². The van der Waals surface area contributed by atoms with Crippen LogP contribution in [0, 0.1) is 0 Å². The van der Waals surface area contributed by atoms with Gasteiger partial charge in [-0.3, -0.25) is 4.79 Å². The number of likely N-dealkylation sites (N-methyl/N-ethyl adjacent to an activating group) is 1. The van der Waals surface area contributed by atoms with Gasteiger partial charge < -0.3 is 10.1 Å². The van der Waals surface area contributed by atoms with Crippen molar-refractivity contribution in [3.05, 3.63) is 0 Å². The third-order valence-electron chi connectivity index (χ3n) is 2.50. The molecular formula is C8H15NO2. The Labute approximate surface area is 67.1 Å². The van der Waals surface area contributed by atoms with Gasteiger partial charge in [0.05, 0.1) is 5.54 Å². The van der Waals surface area contributed by atoms with Gasteiger partial charge in [-0.15, -0.1) is 0 Å². The summed E-state index contributed by atoms with van der Waals surface area (Å²) in [5, 5.41) is 3.09. The summed E-state index contributed by atoms with van der Waals surface area (Å²) in [6.07, 6.45) is 1.61. The molecule has 0 aromatic rings. The lowest BCUT2D eigenvalue weighted by molar-refractivity contribution is -0.126. The SMILES string of the molecule is CNC1(C(C)=O)CCOCC1. The van der Waals surface area contributed by atoms with Gasteiger partial charge in [-0.05, 0) is 26.8 Å². The van der Waals surface area contributed by atoms with Crippen molar-refractivity contribution in [2.45, 2.75) is 25.3 Å². The van der Waals surface area contributed by atoms with E-state index in [4.69, 9.17) is 4.74 Å². The first-order chi connectivity index (χ1) is 5.21. The van der Waals surface area contributed by atoms with Gasteiger partial charge in [0.15, 0.2) is 0 Å².